The van der Waals surface area contributed by atoms with Crippen molar-refractivity contribution in [3.63, 3.8) is 0 Å². The van der Waals surface area contributed by atoms with Gasteiger partial charge in [0.05, 0.1) is 11.8 Å². The van der Waals surface area contributed by atoms with Gasteiger partial charge in [-0.05, 0) is 18.6 Å². The van der Waals surface area contributed by atoms with Crippen LogP contribution in [0.25, 0.3) is 11.2 Å². The predicted octanol–water partition coefficient (Wildman–Crippen LogP) is 0.977. The molecule has 0 saturated carbocycles. The molecule has 1 fully saturated rings. The molecule has 1 saturated heterocycles. The molecule has 7 nitrogen and oxygen atoms in total. The number of carboxylic acids is 1. The summed E-state index contributed by atoms with van der Waals surface area (Å²) in [5, 5.41) is 12.2. The van der Waals surface area contributed by atoms with Gasteiger partial charge in [-0.25, -0.2) is 9.97 Å². The minimum Gasteiger partial charge on any atom is -0.481 e. The van der Waals surface area contributed by atoms with Gasteiger partial charge in [0.25, 0.3) is 0 Å². The van der Waals surface area contributed by atoms with Crippen molar-refractivity contribution in [1.82, 2.24) is 19.9 Å². The van der Waals surface area contributed by atoms with E-state index < -0.39 is 5.97 Å². The van der Waals surface area contributed by atoms with E-state index in [1.54, 1.807) is 6.20 Å². The molecule has 0 aliphatic carbocycles. The van der Waals surface area contributed by atoms with Crippen molar-refractivity contribution < 1.29 is 14.7 Å². The van der Waals surface area contributed by atoms with E-state index in [1.165, 1.54) is 0 Å². The summed E-state index contributed by atoms with van der Waals surface area (Å²) in [5.74, 6) is -0.983. The Balaban J connectivity index is 2.08. The summed E-state index contributed by atoms with van der Waals surface area (Å²) in [5.41, 5.74) is 2.43. The van der Waals surface area contributed by atoms with E-state index in [-0.39, 0.29) is 17.7 Å². The third kappa shape index (κ3) is 2.58. The van der Waals surface area contributed by atoms with E-state index in [0.717, 1.165) is 22.8 Å². The number of hydrogen-bond acceptors (Lipinski definition) is 5. The highest BCUT2D eigenvalue weighted by Crippen LogP contribution is 2.30. The van der Waals surface area contributed by atoms with Crippen LogP contribution < -0.4 is 5.32 Å². The average Bonchev–Trinajstić information content (AvgIpc) is 3.00. The monoisotopic (exact) mass is 306 g/mol. The lowest BCUT2D eigenvalue weighted by atomic mass is 10.2. The molecule has 1 unspecified atom stereocenters. The van der Waals surface area contributed by atoms with Crippen LogP contribution in [0.4, 0.5) is 0 Å². The molecule has 1 amide bonds. The summed E-state index contributed by atoms with van der Waals surface area (Å²) in [4.78, 5) is 31.1. The fourth-order valence-corrected chi connectivity index (χ4v) is 3.20. The molecule has 3 heterocycles. The van der Waals surface area contributed by atoms with E-state index in [9.17, 15) is 9.59 Å². The fraction of sp³-hybridized carbons (Fsp3) is 0.385. The number of aromatic nitrogens is 3. The lowest BCUT2D eigenvalue weighted by Gasteiger charge is -2.13. The topological polar surface area (TPSA) is 97.1 Å². The maximum absolute atomic E-state index is 11.5. The number of hydrogen-bond donors (Lipinski definition) is 2. The maximum Gasteiger partial charge on any atom is 0.313 e. The molecule has 21 heavy (non-hydrogen) atoms. The number of carbonyl (C=O) groups excluding carboxylic acids is 1. The van der Waals surface area contributed by atoms with Crippen LogP contribution in [-0.4, -0.2) is 43.8 Å². The summed E-state index contributed by atoms with van der Waals surface area (Å²) in [6.07, 6.45) is 2.06. The number of nitrogens with one attached hydrogen (secondary N) is 1. The van der Waals surface area contributed by atoms with Crippen molar-refractivity contribution in [2.75, 3.05) is 12.3 Å². The Bertz CT molecular complexity index is 728. The number of aryl methyl sites for hydroxylation is 1. The van der Waals surface area contributed by atoms with Crippen LogP contribution in [0.15, 0.2) is 17.4 Å². The molecular weight excluding hydrogens is 292 g/mol. The van der Waals surface area contributed by atoms with Gasteiger partial charge in [-0.2, -0.15) is 0 Å². The first-order valence-electron chi connectivity index (χ1n) is 6.51. The first-order chi connectivity index (χ1) is 10.1. The van der Waals surface area contributed by atoms with Crippen molar-refractivity contribution >= 4 is 34.8 Å². The van der Waals surface area contributed by atoms with Crippen LogP contribution in [0, 0.1) is 6.92 Å². The second kappa shape index (κ2) is 5.36. The molecule has 2 aromatic heterocycles. The molecule has 0 aromatic carbocycles. The number of carboxylic acid groups (broad SMARTS) is 1. The number of thioether (sulfide) groups is 1. The van der Waals surface area contributed by atoms with Gasteiger partial charge in [-0.1, -0.05) is 11.8 Å². The molecule has 1 aliphatic heterocycles. The van der Waals surface area contributed by atoms with Crippen molar-refractivity contribution in [1.29, 1.82) is 0 Å². The van der Waals surface area contributed by atoms with Gasteiger partial charge in [0.1, 0.15) is 5.52 Å². The van der Waals surface area contributed by atoms with Gasteiger partial charge in [-0.3, -0.25) is 14.2 Å². The zero-order valence-electron chi connectivity index (χ0n) is 11.4. The summed E-state index contributed by atoms with van der Waals surface area (Å²) in [6, 6.07) is 1.79. The zero-order chi connectivity index (χ0) is 15.0. The highest BCUT2D eigenvalue weighted by atomic mass is 32.2. The molecule has 3 rings (SSSR count). The number of nitrogens with zero attached hydrogens (tertiary/aromatic N) is 3. The Hall–Kier alpha value is -2.09. The van der Waals surface area contributed by atoms with Crippen LogP contribution in [0.2, 0.25) is 0 Å². The Kier molecular flexibility index (Phi) is 3.54. The molecule has 8 heteroatoms. The minimum atomic E-state index is -0.899. The summed E-state index contributed by atoms with van der Waals surface area (Å²) in [6.45, 7) is 2.45. The molecule has 0 spiro atoms. The number of aliphatic carboxylic acids is 1. The lowest BCUT2D eigenvalue weighted by Crippen LogP contribution is -2.16. The second-order valence-corrected chi connectivity index (χ2v) is 5.85. The van der Waals surface area contributed by atoms with Crippen molar-refractivity contribution in [3.05, 3.63) is 17.8 Å². The quantitative estimate of drug-likeness (QED) is 0.817. The van der Waals surface area contributed by atoms with Gasteiger partial charge in [-0.15, -0.1) is 0 Å². The summed E-state index contributed by atoms with van der Waals surface area (Å²) >= 11 is 1.15. The third-order valence-electron chi connectivity index (χ3n) is 3.39. The maximum atomic E-state index is 11.5. The number of imidazole rings is 1. The largest absolute Gasteiger partial charge is 0.481 e. The van der Waals surface area contributed by atoms with Crippen LogP contribution in [0.3, 0.4) is 0 Å². The van der Waals surface area contributed by atoms with Gasteiger partial charge in [0.15, 0.2) is 10.8 Å². The van der Waals surface area contributed by atoms with Gasteiger partial charge >= 0.3 is 5.97 Å². The van der Waals surface area contributed by atoms with E-state index in [2.05, 4.69) is 15.3 Å². The third-order valence-corrected chi connectivity index (χ3v) is 4.33. The van der Waals surface area contributed by atoms with Gasteiger partial charge in [0.2, 0.25) is 5.91 Å². The summed E-state index contributed by atoms with van der Waals surface area (Å²) < 4.78 is 1.88. The van der Waals surface area contributed by atoms with Gasteiger partial charge in [0, 0.05) is 19.2 Å². The Morgan fingerprint density at radius 3 is 3.10 bits per heavy atom. The smallest absolute Gasteiger partial charge is 0.313 e. The fourth-order valence-electron chi connectivity index (χ4n) is 2.42. The highest BCUT2D eigenvalue weighted by Gasteiger charge is 2.28. The molecule has 0 bridgehead atoms. The second-order valence-electron chi connectivity index (χ2n) is 4.91. The average molecular weight is 306 g/mol. The van der Waals surface area contributed by atoms with E-state index in [4.69, 9.17) is 5.11 Å². The normalized spacial score (nSPS) is 18.1. The molecule has 0 radical (unpaired) electrons. The number of rotatable bonds is 4. The lowest BCUT2D eigenvalue weighted by molar-refractivity contribution is -0.134. The van der Waals surface area contributed by atoms with Crippen LogP contribution in [0.5, 0.6) is 0 Å². The Labute approximate surface area is 124 Å². The van der Waals surface area contributed by atoms with Crippen molar-refractivity contribution in [2.24, 2.45) is 0 Å². The van der Waals surface area contributed by atoms with E-state index >= 15 is 0 Å². The Morgan fingerprint density at radius 1 is 1.62 bits per heavy atom. The van der Waals surface area contributed by atoms with Crippen LogP contribution in [-0.2, 0) is 9.59 Å². The number of pyridine rings is 1. The Morgan fingerprint density at radius 2 is 2.43 bits per heavy atom. The first kappa shape index (κ1) is 13.9. The van der Waals surface area contributed by atoms with Crippen molar-refractivity contribution in [3.8, 4) is 0 Å². The van der Waals surface area contributed by atoms with Crippen LogP contribution in [0.1, 0.15) is 18.0 Å². The molecular formula is C13H14N4O3S. The molecule has 1 aliphatic rings. The zero-order valence-corrected chi connectivity index (χ0v) is 12.2. The molecule has 2 aromatic rings. The van der Waals surface area contributed by atoms with E-state index in [1.807, 2.05) is 17.6 Å². The number of carbonyl (C=O) groups is 2. The predicted molar refractivity (Wildman–Crippen MR) is 77.3 cm³/mol. The number of amides is 1. The minimum absolute atomic E-state index is 0.0105. The van der Waals surface area contributed by atoms with Crippen molar-refractivity contribution in [2.45, 2.75) is 24.5 Å². The standard InChI is InChI=1S/C13H14N4O3S/c1-7-2-3-14-12-11(7)16-13(21-6-10(19)20)17(12)8-4-9(18)15-5-8/h2-3,8H,4-6H2,1H3,(H,15,18)(H,19,20). The SMILES string of the molecule is Cc1ccnc2c1nc(SCC(=O)O)n2C1CNC(=O)C1. The summed E-state index contributed by atoms with van der Waals surface area (Å²) in [7, 11) is 0. The molecule has 1 atom stereocenters. The number of fused-ring (bicyclic) bond motifs is 1. The first-order valence-corrected chi connectivity index (χ1v) is 7.49. The highest BCUT2D eigenvalue weighted by molar-refractivity contribution is 7.99. The van der Waals surface area contributed by atoms with E-state index in [0.29, 0.717) is 23.8 Å². The van der Waals surface area contributed by atoms with Crippen LogP contribution >= 0.6 is 11.8 Å². The molecule has 2 N–H and O–H groups in total. The van der Waals surface area contributed by atoms with Gasteiger partial charge < -0.3 is 10.4 Å². The molecule has 110 valence electrons.